The monoisotopic (exact) mass is 469 g/mol. The van der Waals surface area contributed by atoms with Crippen molar-refractivity contribution in [3.63, 3.8) is 0 Å². The maximum Gasteiger partial charge on any atom is 0.270 e. The Morgan fingerprint density at radius 1 is 1.15 bits per heavy atom. The smallest absolute Gasteiger partial charge is 0.270 e. The maximum atomic E-state index is 13.4. The molecule has 10 heteroatoms. The number of anilines is 1. The molecule has 34 heavy (non-hydrogen) atoms. The Morgan fingerprint density at radius 2 is 1.79 bits per heavy atom. The number of amides is 3. The SMILES string of the molecule is COC(CN(C(=O)c1cccc([N+](=O)[O-])c1)C1CC(=O)N(c2ccc(C(C)C)cc2)C1=O)OC. The summed E-state index contributed by atoms with van der Waals surface area (Å²) in [6, 6.07) is 11.2. The Labute approximate surface area is 197 Å². The summed E-state index contributed by atoms with van der Waals surface area (Å²) >= 11 is 0. The molecule has 3 rings (SSSR count). The number of rotatable bonds is 9. The van der Waals surface area contributed by atoms with Crippen molar-refractivity contribution in [3.05, 3.63) is 69.8 Å². The predicted octanol–water partition coefficient (Wildman–Crippen LogP) is 3.11. The van der Waals surface area contributed by atoms with Gasteiger partial charge in [-0.15, -0.1) is 0 Å². The fraction of sp³-hybridized carbons (Fsp3) is 0.375. The molecule has 1 saturated heterocycles. The normalized spacial score (nSPS) is 15.9. The molecule has 2 aromatic carbocycles. The Morgan fingerprint density at radius 3 is 2.35 bits per heavy atom. The molecule has 10 nitrogen and oxygen atoms in total. The van der Waals surface area contributed by atoms with Crippen LogP contribution in [0.3, 0.4) is 0 Å². The van der Waals surface area contributed by atoms with Gasteiger partial charge >= 0.3 is 0 Å². The number of carbonyl (C=O) groups excluding carboxylic acids is 3. The van der Waals surface area contributed by atoms with Crippen LogP contribution in [-0.2, 0) is 19.1 Å². The number of ether oxygens (including phenoxy) is 2. The number of imide groups is 1. The van der Waals surface area contributed by atoms with E-state index in [-0.39, 0.29) is 30.1 Å². The summed E-state index contributed by atoms with van der Waals surface area (Å²) in [6.45, 7) is 3.92. The first-order valence-electron chi connectivity index (χ1n) is 10.8. The van der Waals surface area contributed by atoms with Crippen molar-refractivity contribution in [1.29, 1.82) is 0 Å². The molecule has 0 N–H and O–H groups in total. The second kappa shape index (κ2) is 10.5. The van der Waals surface area contributed by atoms with E-state index >= 15 is 0 Å². The van der Waals surface area contributed by atoms with Crippen molar-refractivity contribution in [2.45, 2.75) is 38.5 Å². The summed E-state index contributed by atoms with van der Waals surface area (Å²) < 4.78 is 10.4. The highest BCUT2D eigenvalue weighted by atomic mass is 16.7. The lowest BCUT2D eigenvalue weighted by Gasteiger charge is -2.30. The van der Waals surface area contributed by atoms with Crippen LogP contribution in [-0.4, -0.2) is 60.6 Å². The van der Waals surface area contributed by atoms with Crippen LogP contribution >= 0.6 is 0 Å². The Bertz CT molecular complexity index is 1080. The average molecular weight is 469 g/mol. The van der Waals surface area contributed by atoms with E-state index in [1.54, 1.807) is 12.1 Å². The third-order valence-electron chi connectivity index (χ3n) is 5.75. The van der Waals surface area contributed by atoms with E-state index in [9.17, 15) is 24.5 Å². The lowest BCUT2D eigenvalue weighted by molar-refractivity contribution is -0.384. The Kier molecular flexibility index (Phi) is 7.75. The molecule has 1 fully saturated rings. The third kappa shape index (κ3) is 5.13. The fourth-order valence-corrected chi connectivity index (χ4v) is 3.81. The first-order chi connectivity index (χ1) is 16.2. The highest BCUT2D eigenvalue weighted by Crippen LogP contribution is 2.29. The number of non-ortho nitro benzene ring substituents is 1. The van der Waals surface area contributed by atoms with E-state index in [0.717, 1.165) is 16.5 Å². The zero-order valence-electron chi connectivity index (χ0n) is 19.5. The van der Waals surface area contributed by atoms with Crippen LogP contribution in [0.5, 0.6) is 0 Å². The molecule has 1 heterocycles. The zero-order valence-corrected chi connectivity index (χ0v) is 19.5. The summed E-state index contributed by atoms with van der Waals surface area (Å²) in [5.74, 6) is -1.37. The third-order valence-corrected chi connectivity index (χ3v) is 5.75. The number of hydrogen-bond donors (Lipinski definition) is 0. The lowest BCUT2D eigenvalue weighted by Crippen LogP contribution is -2.49. The van der Waals surface area contributed by atoms with Gasteiger partial charge < -0.3 is 14.4 Å². The van der Waals surface area contributed by atoms with E-state index in [1.807, 2.05) is 26.0 Å². The van der Waals surface area contributed by atoms with Gasteiger partial charge in [-0.1, -0.05) is 32.0 Å². The molecule has 0 radical (unpaired) electrons. The molecule has 1 aliphatic heterocycles. The molecule has 1 unspecified atom stereocenters. The number of benzene rings is 2. The summed E-state index contributed by atoms with van der Waals surface area (Å²) in [5, 5.41) is 11.2. The molecule has 180 valence electrons. The van der Waals surface area contributed by atoms with Crippen LogP contribution in [0.2, 0.25) is 0 Å². The van der Waals surface area contributed by atoms with Crippen LogP contribution < -0.4 is 4.90 Å². The standard InChI is InChI=1S/C24H27N3O7/c1-15(2)16-8-10-18(11-9-16)26-21(28)13-20(24(26)30)25(14-22(33-3)34-4)23(29)17-6-5-7-19(12-17)27(31)32/h5-12,15,20,22H,13-14H2,1-4H3. The fourth-order valence-electron chi connectivity index (χ4n) is 3.81. The van der Waals surface area contributed by atoms with Gasteiger partial charge in [-0.3, -0.25) is 24.5 Å². The van der Waals surface area contributed by atoms with Crippen LogP contribution in [0, 0.1) is 10.1 Å². The molecule has 0 aliphatic carbocycles. The van der Waals surface area contributed by atoms with E-state index in [4.69, 9.17) is 9.47 Å². The van der Waals surface area contributed by atoms with Crippen LogP contribution in [0.1, 0.15) is 42.1 Å². The number of carbonyl (C=O) groups is 3. The molecular weight excluding hydrogens is 442 g/mol. The molecule has 2 aromatic rings. The molecule has 0 saturated carbocycles. The molecule has 0 bridgehead atoms. The van der Waals surface area contributed by atoms with Crippen molar-refractivity contribution in [3.8, 4) is 0 Å². The van der Waals surface area contributed by atoms with Crippen molar-refractivity contribution >= 4 is 29.1 Å². The molecule has 3 amide bonds. The number of nitrogens with zero attached hydrogens (tertiary/aromatic N) is 3. The second-order valence-corrected chi connectivity index (χ2v) is 8.20. The topological polar surface area (TPSA) is 119 Å². The van der Waals surface area contributed by atoms with Gasteiger partial charge in [-0.2, -0.15) is 0 Å². The van der Waals surface area contributed by atoms with Crippen molar-refractivity contribution in [2.75, 3.05) is 25.7 Å². The number of nitro groups is 1. The number of methoxy groups -OCH3 is 2. The minimum absolute atomic E-state index is 0.0140. The average Bonchev–Trinajstić information content (AvgIpc) is 3.13. The van der Waals surface area contributed by atoms with Crippen molar-refractivity contribution in [2.24, 2.45) is 0 Å². The summed E-state index contributed by atoms with van der Waals surface area (Å²) in [7, 11) is 2.77. The minimum Gasteiger partial charge on any atom is -0.354 e. The van der Waals surface area contributed by atoms with Gasteiger partial charge in [0.25, 0.3) is 17.5 Å². The number of nitro benzene ring substituents is 1. The van der Waals surface area contributed by atoms with Gasteiger partial charge in [0.05, 0.1) is 23.6 Å². The first kappa shape index (κ1) is 25.0. The quantitative estimate of drug-likeness (QED) is 0.240. The van der Waals surface area contributed by atoms with Gasteiger partial charge in [0.1, 0.15) is 6.04 Å². The van der Waals surface area contributed by atoms with Gasteiger partial charge in [0.2, 0.25) is 5.91 Å². The van der Waals surface area contributed by atoms with Crippen LogP contribution in [0.15, 0.2) is 48.5 Å². The maximum absolute atomic E-state index is 13.4. The first-order valence-corrected chi connectivity index (χ1v) is 10.8. The Balaban J connectivity index is 1.95. The van der Waals surface area contributed by atoms with Gasteiger partial charge in [-0.05, 0) is 29.7 Å². The summed E-state index contributed by atoms with van der Waals surface area (Å²) in [4.78, 5) is 52.4. The van der Waals surface area contributed by atoms with Crippen LogP contribution in [0.4, 0.5) is 11.4 Å². The van der Waals surface area contributed by atoms with E-state index in [1.165, 1.54) is 37.3 Å². The minimum atomic E-state index is -1.11. The molecule has 0 spiro atoms. The van der Waals surface area contributed by atoms with E-state index < -0.39 is 35.0 Å². The van der Waals surface area contributed by atoms with Gasteiger partial charge in [0.15, 0.2) is 6.29 Å². The highest BCUT2D eigenvalue weighted by molar-refractivity contribution is 6.23. The van der Waals surface area contributed by atoms with Crippen molar-refractivity contribution < 1.29 is 28.8 Å². The second-order valence-electron chi connectivity index (χ2n) is 8.20. The van der Waals surface area contributed by atoms with E-state index in [2.05, 4.69) is 0 Å². The molecular formula is C24H27N3O7. The Hall–Kier alpha value is -3.63. The van der Waals surface area contributed by atoms with Crippen LogP contribution in [0.25, 0.3) is 0 Å². The number of hydrogen-bond acceptors (Lipinski definition) is 7. The van der Waals surface area contributed by atoms with Gasteiger partial charge in [-0.25, -0.2) is 4.90 Å². The summed E-state index contributed by atoms with van der Waals surface area (Å²) in [5.41, 5.74) is 1.23. The highest BCUT2D eigenvalue weighted by Gasteiger charge is 2.45. The van der Waals surface area contributed by atoms with Gasteiger partial charge in [0, 0.05) is 31.9 Å². The van der Waals surface area contributed by atoms with E-state index in [0.29, 0.717) is 5.69 Å². The van der Waals surface area contributed by atoms with Crippen molar-refractivity contribution in [1.82, 2.24) is 4.90 Å². The summed E-state index contributed by atoms with van der Waals surface area (Å²) in [6.07, 6.45) is -1.10. The molecule has 0 aromatic heterocycles. The largest absolute Gasteiger partial charge is 0.354 e. The molecule has 1 atom stereocenters. The molecule has 1 aliphatic rings. The lowest BCUT2D eigenvalue weighted by atomic mass is 10.0. The predicted molar refractivity (Wildman–Crippen MR) is 123 cm³/mol. The zero-order chi connectivity index (χ0) is 25.0.